The first kappa shape index (κ1) is 12.8. The molecule has 1 saturated heterocycles. The van der Waals surface area contributed by atoms with Crippen molar-refractivity contribution in [2.75, 3.05) is 13.1 Å². The average Bonchev–Trinajstić information content (AvgIpc) is 2.46. The second-order valence-electron chi connectivity index (χ2n) is 4.85. The van der Waals surface area contributed by atoms with Gasteiger partial charge in [0.15, 0.2) is 6.29 Å². The molecule has 3 nitrogen and oxygen atoms in total. The van der Waals surface area contributed by atoms with E-state index in [9.17, 15) is 9.59 Å². The molecular formula is C15H19NO2. The molecule has 18 heavy (non-hydrogen) atoms. The SMILES string of the molecule is CCC1CCN(C(=O)c2ccccc2C=O)CC1. The second-order valence-corrected chi connectivity index (χ2v) is 4.85. The van der Waals surface area contributed by atoms with E-state index in [1.54, 1.807) is 24.3 Å². The van der Waals surface area contributed by atoms with Crippen molar-refractivity contribution in [2.45, 2.75) is 26.2 Å². The first-order valence-corrected chi connectivity index (χ1v) is 6.59. The maximum Gasteiger partial charge on any atom is 0.254 e. The van der Waals surface area contributed by atoms with Gasteiger partial charge in [-0.1, -0.05) is 31.5 Å². The predicted molar refractivity (Wildman–Crippen MR) is 70.7 cm³/mol. The summed E-state index contributed by atoms with van der Waals surface area (Å²) in [5.74, 6) is 0.739. The van der Waals surface area contributed by atoms with Gasteiger partial charge >= 0.3 is 0 Å². The van der Waals surface area contributed by atoms with Gasteiger partial charge in [-0.25, -0.2) is 0 Å². The van der Waals surface area contributed by atoms with Gasteiger partial charge in [0.25, 0.3) is 5.91 Å². The molecule has 0 saturated carbocycles. The van der Waals surface area contributed by atoms with Crippen LogP contribution in [0.1, 0.15) is 46.9 Å². The van der Waals surface area contributed by atoms with Crippen molar-refractivity contribution in [3.63, 3.8) is 0 Å². The third-order valence-electron chi connectivity index (χ3n) is 3.80. The van der Waals surface area contributed by atoms with Crippen LogP contribution in [0.2, 0.25) is 0 Å². The molecule has 1 aliphatic rings. The molecule has 1 aromatic carbocycles. The molecule has 1 heterocycles. The van der Waals surface area contributed by atoms with Gasteiger partial charge in [-0.15, -0.1) is 0 Å². The van der Waals surface area contributed by atoms with Crippen molar-refractivity contribution in [2.24, 2.45) is 5.92 Å². The number of rotatable bonds is 3. The summed E-state index contributed by atoms with van der Waals surface area (Å²) in [5, 5.41) is 0. The average molecular weight is 245 g/mol. The lowest BCUT2D eigenvalue weighted by atomic mass is 9.94. The predicted octanol–water partition coefficient (Wildman–Crippen LogP) is 2.76. The fourth-order valence-electron chi connectivity index (χ4n) is 2.51. The van der Waals surface area contributed by atoms with Crippen LogP contribution in [0.15, 0.2) is 24.3 Å². The molecule has 0 atom stereocenters. The highest BCUT2D eigenvalue weighted by Crippen LogP contribution is 2.22. The molecule has 1 fully saturated rings. The number of likely N-dealkylation sites (tertiary alicyclic amines) is 1. The van der Waals surface area contributed by atoms with Crippen LogP contribution in [0, 0.1) is 5.92 Å². The fourth-order valence-corrected chi connectivity index (χ4v) is 2.51. The summed E-state index contributed by atoms with van der Waals surface area (Å²) in [7, 11) is 0. The number of piperidine rings is 1. The Bertz CT molecular complexity index is 434. The van der Waals surface area contributed by atoms with Crippen molar-refractivity contribution in [1.82, 2.24) is 4.90 Å². The monoisotopic (exact) mass is 245 g/mol. The van der Waals surface area contributed by atoms with Crippen molar-refractivity contribution >= 4 is 12.2 Å². The molecule has 3 heteroatoms. The molecule has 0 radical (unpaired) electrons. The number of carbonyl (C=O) groups is 2. The van der Waals surface area contributed by atoms with Crippen LogP contribution in [-0.4, -0.2) is 30.2 Å². The largest absolute Gasteiger partial charge is 0.339 e. The van der Waals surface area contributed by atoms with Crippen molar-refractivity contribution in [1.29, 1.82) is 0 Å². The summed E-state index contributed by atoms with van der Waals surface area (Å²) >= 11 is 0. The van der Waals surface area contributed by atoms with Gasteiger partial charge in [0, 0.05) is 18.7 Å². The molecule has 0 bridgehead atoms. The molecule has 0 N–H and O–H groups in total. The minimum absolute atomic E-state index is 0.00717. The number of hydrogen-bond acceptors (Lipinski definition) is 2. The lowest BCUT2D eigenvalue weighted by molar-refractivity contribution is 0.0686. The van der Waals surface area contributed by atoms with Crippen LogP contribution < -0.4 is 0 Å². The highest BCUT2D eigenvalue weighted by Gasteiger charge is 2.23. The van der Waals surface area contributed by atoms with E-state index >= 15 is 0 Å². The Morgan fingerprint density at radius 1 is 1.33 bits per heavy atom. The lowest BCUT2D eigenvalue weighted by Crippen LogP contribution is -2.38. The summed E-state index contributed by atoms with van der Waals surface area (Å²) in [6, 6.07) is 7.01. The van der Waals surface area contributed by atoms with Crippen LogP contribution in [0.3, 0.4) is 0 Å². The maximum absolute atomic E-state index is 12.3. The van der Waals surface area contributed by atoms with Gasteiger partial charge in [0.2, 0.25) is 0 Å². The number of amides is 1. The second kappa shape index (κ2) is 5.80. The van der Waals surface area contributed by atoms with Crippen molar-refractivity contribution in [3.05, 3.63) is 35.4 Å². The minimum atomic E-state index is -0.00717. The lowest BCUT2D eigenvalue weighted by Gasteiger charge is -2.31. The number of hydrogen-bond donors (Lipinski definition) is 0. The third-order valence-corrected chi connectivity index (χ3v) is 3.80. The molecule has 0 aromatic heterocycles. The van der Waals surface area contributed by atoms with E-state index in [0.29, 0.717) is 11.1 Å². The van der Waals surface area contributed by atoms with Crippen LogP contribution in [-0.2, 0) is 0 Å². The van der Waals surface area contributed by atoms with Crippen LogP contribution in [0.4, 0.5) is 0 Å². The first-order chi connectivity index (χ1) is 8.76. The van der Waals surface area contributed by atoms with Gasteiger partial charge in [-0.05, 0) is 24.8 Å². The molecule has 96 valence electrons. The summed E-state index contributed by atoms with van der Waals surface area (Å²) in [6.45, 7) is 3.82. The van der Waals surface area contributed by atoms with Crippen LogP contribution in [0.25, 0.3) is 0 Å². The van der Waals surface area contributed by atoms with Gasteiger partial charge < -0.3 is 4.90 Å². The number of carbonyl (C=O) groups excluding carboxylic acids is 2. The first-order valence-electron chi connectivity index (χ1n) is 6.59. The molecule has 1 aliphatic heterocycles. The van der Waals surface area contributed by atoms with E-state index in [-0.39, 0.29) is 5.91 Å². The van der Waals surface area contributed by atoms with E-state index in [1.807, 2.05) is 4.90 Å². The molecule has 1 aromatic rings. The van der Waals surface area contributed by atoms with E-state index in [4.69, 9.17) is 0 Å². The normalized spacial score (nSPS) is 16.6. The zero-order valence-electron chi connectivity index (χ0n) is 10.8. The summed E-state index contributed by atoms with van der Waals surface area (Å²) < 4.78 is 0. The molecule has 0 aliphatic carbocycles. The summed E-state index contributed by atoms with van der Waals surface area (Å²) in [5.41, 5.74) is 1.02. The standard InChI is InChI=1S/C15H19NO2/c1-2-12-7-9-16(10-8-12)15(18)14-6-4-3-5-13(14)11-17/h3-6,11-12H,2,7-10H2,1H3. The Hall–Kier alpha value is -1.64. The van der Waals surface area contributed by atoms with E-state index < -0.39 is 0 Å². The van der Waals surface area contributed by atoms with Crippen LogP contribution >= 0.6 is 0 Å². The quantitative estimate of drug-likeness (QED) is 0.768. The zero-order chi connectivity index (χ0) is 13.0. The number of nitrogens with zero attached hydrogens (tertiary/aromatic N) is 1. The maximum atomic E-state index is 12.3. The smallest absolute Gasteiger partial charge is 0.254 e. The van der Waals surface area contributed by atoms with Crippen molar-refractivity contribution < 1.29 is 9.59 Å². The van der Waals surface area contributed by atoms with Gasteiger partial charge in [0.1, 0.15) is 0 Å². The highest BCUT2D eigenvalue weighted by molar-refractivity contribution is 6.01. The van der Waals surface area contributed by atoms with E-state index in [0.717, 1.165) is 38.1 Å². The van der Waals surface area contributed by atoms with Crippen molar-refractivity contribution in [3.8, 4) is 0 Å². The molecule has 2 rings (SSSR count). The number of aldehydes is 1. The molecule has 0 spiro atoms. The van der Waals surface area contributed by atoms with Crippen LogP contribution in [0.5, 0.6) is 0 Å². The Labute approximate surface area is 108 Å². The Morgan fingerprint density at radius 2 is 2.00 bits per heavy atom. The molecule has 0 unspecified atom stereocenters. The van der Waals surface area contributed by atoms with Gasteiger partial charge in [-0.3, -0.25) is 9.59 Å². The minimum Gasteiger partial charge on any atom is -0.339 e. The third kappa shape index (κ3) is 2.61. The van der Waals surface area contributed by atoms with Gasteiger partial charge in [-0.2, -0.15) is 0 Å². The number of benzene rings is 1. The topological polar surface area (TPSA) is 37.4 Å². The highest BCUT2D eigenvalue weighted by atomic mass is 16.2. The van der Waals surface area contributed by atoms with Gasteiger partial charge in [0.05, 0.1) is 5.56 Å². The zero-order valence-corrected chi connectivity index (χ0v) is 10.8. The Morgan fingerprint density at radius 3 is 2.61 bits per heavy atom. The fraction of sp³-hybridized carbons (Fsp3) is 0.467. The molecule has 1 amide bonds. The molecular weight excluding hydrogens is 226 g/mol. The Kier molecular flexibility index (Phi) is 4.13. The van der Waals surface area contributed by atoms with E-state index in [1.165, 1.54) is 6.42 Å². The summed E-state index contributed by atoms with van der Waals surface area (Å²) in [4.78, 5) is 25.2. The van der Waals surface area contributed by atoms with E-state index in [2.05, 4.69) is 6.92 Å². The summed E-state index contributed by atoms with van der Waals surface area (Å²) in [6.07, 6.45) is 4.09. The Balaban J connectivity index is 2.10.